The number of nitrogens with one attached hydrogen (secondary N) is 2. The number of aromatic nitrogens is 1. The summed E-state index contributed by atoms with van der Waals surface area (Å²) in [6, 6.07) is 1.72. The SMILES string of the molecule is CCNc1nc(NCC(C)(C)CC)c(Cl)cc1Cl. The van der Waals surface area contributed by atoms with Gasteiger partial charge in [-0.25, -0.2) is 4.98 Å². The smallest absolute Gasteiger partial charge is 0.147 e. The lowest BCUT2D eigenvalue weighted by Crippen LogP contribution is -2.22. The van der Waals surface area contributed by atoms with E-state index in [1.54, 1.807) is 6.07 Å². The number of halogens is 2. The van der Waals surface area contributed by atoms with Crippen LogP contribution in [0.4, 0.5) is 11.6 Å². The molecule has 0 aliphatic rings. The minimum absolute atomic E-state index is 0.211. The molecule has 1 heterocycles. The molecule has 2 N–H and O–H groups in total. The molecule has 102 valence electrons. The quantitative estimate of drug-likeness (QED) is 0.799. The fourth-order valence-corrected chi connectivity index (χ4v) is 1.82. The zero-order valence-corrected chi connectivity index (χ0v) is 12.9. The Morgan fingerprint density at radius 3 is 2.17 bits per heavy atom. The van der Waals surface area contributed by atoms with Crippen LogP contribution in [0.1, 0.15) is 34.1 Å². The maximum absolute atomic E-state index is 6.14. The van der Waals surface area contributed by atoms with Crippen LogP contribution in [0, 0.1) is 5.41 Å². The Kier molecular flexibility index (Phi) is 5.54. The van der Waals surface area contributed by atoms with Crippen LogP contribution in [0.15, 0.2) is 6.07 Å². The van der Waals surface area contributed by atoms with Crippen LogP contribution in [0.2, 0.25) is 10.0 Å². The largest absolute Gasteiger partial charge is 0.369 e. The van der Waals surface area contributed by atoms with Crippen molar-refractivity contribution in [2.75, 3.05) is 23.7 Å². The van der Waals surface area contributed by atoms with E-state index in [1.807, 2.05) is 6.92 Å². The molecule has 0 bridgehead atoms. The molecule has 18 heavy (non-hydrogen) atoms. The molecule has 0 unspecified atom stereocenters. The Bertz CT molecular complexity index is 405. The van der Waals surface area contributed by atoms with Crippen LogP contribution >= 0.6 is 23.2 Å². The Morgan fingerprint density at radius 2 is 1.67 bits per heavy atom. The van der Waals surface area contributed by atoms with E-state index in [0.717, 1.165) is 19.5 Å². The first-order valence-corrected chi connectivity index (χ1v) is 6.99. The molecule has 0 fully saturated rings. The highest BCUT2D eigenvalue weighted by Gasteiger charge is 2.16. The van der Waals surface area contributed by atoms with Crippen molar-refractivity contribution in [1.82, 2.24) is 4.98 Å². The molecule has 3 nitrogen and oxygen atoms in total. The fraction of sp³-hybridized carbons (Fsp3) is 0.615. The summed E-state index contributed by atoms with van der Waals surface area (Å²) in [6.45, 7) is 10.2. The lowest BCUT2D eigenvalue weighted by atomic mass is 9.90. The lowest BCUT2D eigenvalue weighted by Gasteiger charge is -2.23. The van der Waals surface area contributed by atoms with Crippen molar-refractivity contribution in [2.24, 2.45) is 5.41 Å². The van der Waals surface area contributed by atoms with Crippen molar-refractivity contribution in [3.8, 4) is 0 Å². The van der Waals surface area contributed by atoms with E-state index in [-0.39, 0.29) is 5.41 Å². The number of anilines is 2. The van der Waals surface area contributed by atoms with Crippen molar-refractivity contribution >= 4 is 34.8 Å². The van der Waals surface area contributed by atoms with Gasteiger partial charge in [0.1, 0.15) is 11.6 Å². The maximum atomic E-state index is 6.14. The lowest BCUT2D eigenvalue weighted by molar-refractivity contribution is 0.376. The average molecular weight is 290 g/mol. The Hall–Kier alpha value is -0.670. The average Bonchev–Trinajstić information content (AvgIpc) is 2.31. The first-order valence-electron chi connectivity index (χ1n) is 6.23. The summed E-state index contributed by atoms with van der Waals surface area (Å²) in [7, 11) is 0. The van der Waals surface area contributed by atoms with E-state index >= 15 is 0 Å². The van der Waals surface area contributed by atoms with Gasteiger partial charge in [0.05, 0.1) is 10.0 Å². The van der Waals surface area contributed by atoms with E-state index < -0.39 is 0 Å². The number of nitrogens with zero attached hydrogens (tertiary/aromatic N) is 1. The van der Waals surface area contributed by atoms with Gasteiger partial charge in [-0.3, -0.25) is 0 Å². The summed E-state index contributed by atoms with van der Waals surface area (Å²) < 4.78 is 0. The molecular weight excluding hydrogens is 269 g/mol. The zero-order chi connectivity index (χ0) is 13.8. The van der Waals surface area contributed by atoms with Crippen molar-refractivity contribution in [1.29, 1.82) is 0 Å². The second kappa shape index (κ2) is 6.48. The van der Waals surface area contributed by atoms with Crippen LogP contribution in [-0.4, -0.2) is 18.1 Å². The number of hydrogen-bond acceptors (Lipinski definition) is 3. The van der Waals surface area contributed by atoms with Crippen LogP contribution < -0.4 is 10.6 Å². The summed E-state index contributed by atoms with van der Waals surface area (Å²) in [6.07, 6.45) is 1.09. The predicted octanol–water partition coefficient (Wildman–Crippen LogP) is 4.67. The standard InChI is InChI=1S/C13H21Cl2N3/c1-5-13(3,4)8-17-12-10(15)7-9(14)11(18-12)16-6-2/h7H,5-6,8H2,1-4H3,(H2,16,17,18). The topological polar surface area (TPSA) is 37.0 Å². The minimum atomic E-state index is 0.211. The van der Waals surface area contributed by atoms with E-state index in [9.17, 15) is 0 Å². The normalized spacial score (nSPS) is 11.4. The van der Waals surface area contributed by atoms with Gasteiger partial charge in [-0.1, -0.05) is 44.0 Å². The molecule has 0 atom stereocenters. The number of pyridine rings is 1. The summed E-state index contributed by atoms with van der Waals surface area (Å²) in [4.78, 5) is 4.41. The van der Waals surface area contributed by atoms with E-state index in [2.05, 4.69) is 36.4 Å². The second-order valence-corrected chi connectivity index (χ2v) is 5.87. The van der Waals surface area contributed by atoms with Gasteiger partial charge in [0, 0.05) is 13.1 Å². The van der Waals surface area contributed by atoms with Gasteiger partial charge in [-0.15, -0.1) is 0 Å². The molecule has 0 saturated heterocycles. The van der Waals surface area contributed by atoms with Gasteiger partial charge in [0.2, 0.25) is 0 Å². The third-order valence-corrected chi connectivity index (χ3v) is 3.54. The molecule has 0 radical (unpaired) electrons. The summed E-state index contributed by atoms with van der Waals surface area (Å²) in [5.74, 6) is 1.35. The summed E-state index contributed by atoms with van der Waals surface area (Å²) >= 11 is 12.2. The maximum Gasteiger partial charge on any atom is 0.147 e. The molecule has 1 rings (SSSR count). The van der Waals surface area contributed by atoms with Gasteiger partial charge in [0.15, 0.2) is 0 Å². The van der Waals surface area contributed by atoms with E-state index in [4.69, 9.17) is 23.2 Å². The van der Waals surface area contributed by atoms with Crippen LogP contribution in [0.3, 0.4) is 0 Å². The molecule has 1 aromatic heterocycles. The highest BCUT2D eigenvalue weighted by molar-refractivity contribution is 6.37. The highest BCUT2D eigenvalue weighted by atomic mass is 35.5. The second-order valence-electron chi connectivity index (χ2n) is 5.05. The minimum Gasteiger partial charge on any atom is -0.369 e. The third-order valence-electron chi connectivity index (χ3n) is 2.97. The third kappa shape index (κ3) is 4.21. The van der Waals surface area contributed by atoms with Crippen molar-refractivity contribution < 1.29 is 0 Å². The summed E-state index contributed by atoms with van der Waals surface area (Å²) in [5.41, 5.74) is 0.211. The van der Waals surface area contributed by atoms with Gasteiger partial charge in [0.25, 0.3) is 0 Å². The van der Waals surface area contributed by atoms with E-state index in [1.165, 1.54) is 0 Å². The zero-order valence-electron chi connectivity index (χ0n) is 11.4. The number of hydrogen-bond donors (Lipinski definition) is 2. The van der Waals surface area contributed by atoms with Gasteiger partial charge >= 0.3 is 0 Å². The molecule has 5 heteroatoms. The van der Waals surface area contributed by atoms with Crippen molar-refractivity contribution in [3.05, 3.63) is 16.1 Å². The molecule has 0 amide bonds. The Labute approximate surface area is 119 Å². The first kappa shape index (κ1) is 15.4. The Balaban J connectivity index is 2.85. The van der Waals surface area contributed by atoms with Crippen molar-refractivity contribution in [3.63, 3.8) is 0 Å². The fourth-order valence-electron chi connectivity index (χ4n) is 1.33. The monoisotopic (exact) mass is 289 g/mol. The van der Waals surface area contributed by atoms with Crippen LogP contribution in [-0.2, 0) is 0 Å². The molecular formula is C13H21Cl2N3. The first-order chi connectivity index (χ1) is 8.39. The van der Waals surface area contributed by atoms with Crippen molar-refractivity contribution in [2.45, 2.75) is 34.1 Å². The van der Waals surface area contributed by atoms with E-state index in [0.29, 0.717) is 21.7 Å². The van der Waals surface area contributed by atoms with Gasteiger partial charge in [-0.05, 0) is 24.8 Å². The molecule has 0 aliphatic carbocycles. The van der Waals surface area contributed by atoms with Crippen LogP contribution in [0.5, 0.6) is 0 Å². The predicted molar refractivity (Wildman–Crippen MR) is 81.0 cm³/mol. The van der Waals surface area contributed by atoms with Gasteiger partial charge in [-0.2, -0.15) is 0 Å². The molecule has 0 aliphatic heterocycles. The number of rotatable bonds is 6. The van der Waals surface area contributed by atoms with Crippen LogP contribution in [0.25, 0.3) is 0 Å². The highest BCUT2D eigenvalue weighted by Crippen LogP contribution is 2.30. The molecule has 0 spiro atoms. The summed E-state index contributed by atoms with van der Waals surface area (Å²) in [5, 5.41) is 7.49. The molecule has 0 saturated carbocycles. The van der Waals surface area contributed by atoms with Gasteiger partial charge < -0.3 is 10.6 Å². The molecule has 0 aromatic carbocycles. The molecule has 1 aromatic rings. The Morgan fingerprint density at radius 1 is 1.11 bits per heavy atom.